The Bertz CT molecular complexity index is 1350. The molecule has 0 aliphatic carbocycles. The van der Waals surface area contributed by atoms with E-state index in [9.17, 15) is 27.5 Å². The fourth-order valence-electron chi connectivity index (χ4n) is 3.91. The summed E-state index contributed by atoms with van der Waals surface area (Å²) in [6, 6.07) is 13.2. The average molecular weight is 517 g/mol. The summed E-state index contributed by atoms with van der Waals surface area (Å²) in [7, 11) is -2.04. The molecule has 1 fully saturated rings. The van der Waals surface area contributed by atoms with Gasteiger partial charge in [0.1, 0.15) is 12.4 Å². The smallest absolute Gasteiger partial charge is 0.323 e. The van der Waals surface area contributed by atoms with Crippen molar-refractivity contribution >= 4 is 21.9 Å². The molecule has 0 bridgehead atoms. The Balaban J connectivity index is 1.54. The quantitative estimate of drug-likeness (QED) is 0.486. The van der Waals surface area contributed by atoms with E-state index in [1.165, 1.54) is 39.3 Å². The van der Waals surface area contributed by atoms with E-state index in [0.29, 0.717) is 30.0 Å². The summed E-state index contributed by atoms with van der Waals surface area (Å²) in [6.07, 6.45) is 0. The number of rotatable bonds is 8. The number of halogens is 1. The summed E-state index contributed by atoms with van der Waals surface area (Å²) in [5, 5.41) is 13.6. The van der Waals surface area contributed by atoms with Crippen LogP contribution in [0.2, 0.25) is 0 Å². The van der Waals surface area contributed by atoms with Crippen LogP contribution in [0.4, 0.5) is 4.39 Å². The molecule has 190 valence electrons. The molecule has 2 heterocycles. The molecule has 1 saturated heterocycles. The molecular formula is C24H25FN4O6S. The van der Waals surface area contributed by atoms with Gasteiger partial charge in [-0.15, -0.1) is 0 Å². The molecule has 36 heavy (non-hydrogen) atoms. The van der Waals surface area contributed by atoms with Gasteiger partial charge in [-0.3, -0.25) is 14.3 Å². The molecule has 0 atom stereocenters. The van der Waals surface area contributed by atoms with E-state index in [4.69, 9.17) is 4.74 Å². The number of hydrogen-bond acceptors (Lipinski definition) is 6. The molecule has 1 amide bonds. The van der Waals surface area contributed by atoms with Gasteiger partial charge in [0.05, 0.1) is 23.8 Å². The number of amides is 1. The second-order valence-electron chi connectivity index (χ2n) is 8.26. The number of aromatic nitrogens is 2. The van der Waals surface area contributed by atoms with Crippen molar-refractivity contribution in [1.29, 1.82) is 0 Å². The van der Waals surface area contributed by atoms with Crippen LogP contribution in [-0.4, -0.2) is 77.2 Å². The lowest BCUT2D eigenvalue weighted by molar-refractivity contribution is -0.137. The van der Waals surface area contributed by atoms with Gasteiger partial charge in [0.25, 0.3) is 5.91 Å². The third-order valence-corrected chi connectivity index (χ3v) is 7.67. The predicted octanol–water partition coefficient (Wildman–Crippen LogP) is 1.97. The molecule has 12 heteroatoms. The molecule has 0 spiro atoms. The highest BCUT2D eigenvalue weighted by Gasteiger charge is 2.27. The average Bonchev–Trinajstić information content (AvgIpc) is 3.25. The Morgan fingerprint density at radius 2 is 1.72 bits per heavy atom. The van der Waals surface area contributed by atoms with Gasteiger partial charge in [-0.2, -0.15) is 9.40 Å². The SMILES string of the molecule is Cn1nc(C(=O)N(CC(=O)O)Cc2ccc(S(=O)(=O)N3CCOCC3)cc2)cc1-c1ccc(F)cc1. The van der Waals surface area contributed by atoms with Crippen molar-refractivity contribution in [3.63, 3.8) is 0 Å². The van der Waals surface area contributed by atoms with Crippen molar-refractivity contribution in [3.8, 4) is 11.3 Å². The first-order valence-corrected chi connectivity index (χ1v) is 12.6. The molecule has 4 rings (SSSR count). The van der Waals surface area contributed by atoms with Gasteiger partial charge >= 0.3 is 5.97 Å². The highest BCUT2D eigenvalue weighted by atomic mass is 32.2. The maximum Gasteiger partial charge on any atom is 0.323 e. The van der Waals surface area contributed by atoms with Crippen LogP contribution in [-0.2, 0) is 33.1 Å². The van der Waals surface area contributed by atoms with E-state index >= 15 is 0 Å². The van der Waals surface area contributed by atoms with E-state index in [1.807, 2.05) is 0 Å². The Morgan fingerprint density at radius 3 is 2.33 bits per heavy atom. The Hall–Kier alpha value is -3.61. The summed E-state index contributed by atoms with van der Waals surface area (Å²) in [5.74, 6) is -2.20. The number of aliphatic carboxylic acids is 1. The standard InChI is InChI=1S/C24H25FN4O6S/c1-27-22(18-4-6-19(25)7-5-18)14-21(26-27)24(32)28(16-23(30)31)15-17-2-8-20(9-3-17)36(33,34)29-10-12-35-13-11-29/h2-9,14H,10-13,15-16H2,1H3,(H,30,31). The van der Waals surface area contributed by atoms with Crippen LogP contribution < -0.4 is 0 Å². The molecule has 1 aliphatic rings. The second-order valence-corrected chi connectivity index (χ2v) is 10.2. The normalized spacial score (nSPS) is 14.5. The van der Waals surface area contributed by atoms with Crippen molar-refractivity contribution < 1.29 is 32.2 Å². The van der Waals surface area contributed by atoms with Gasteiger partial charge in [-0.05, 0) is 53.6 Å². The minimum Gasteiger partial charge on any atom is -0.480 e. The first-order chi connectivity index (χ1) is 17.1. The van der Waals surface area contributed by atoms with Crippen LogP contribution in [0, 0.1) is 5.82 Å². The number of nitrogens with zero attached hydrogens (tertiary/aromatic N) is 4. The molecule has 1 N–H and O–H groups in total. The van der Waals surface area contributed by atoms with Crippen molar-refractivity contribution in [2.75, 3.05) is 32.8 Å². The fourth-order valence-corrected chi connectivity index (χ4v) is 5.32. The number of morpholine rings is 1. The maximum atomic E-state index is 13.3. The van der Waals surface area contributed by atoms with Gasteiger partial charge in [0, 0.05) is 26.7 Å². The topological polar surface area (TPSA) is 122 Å². The van der Waals surface area contributed by atoms with Crippen molar-refractivity contribution in [2.45, 2.75) is 11.4 Å². The molecule has 10 nitrogen and oxygen atoms in total. The zero-order chi connectivity index (χ0) is 25.9. The maximum absolute atomic E-state index is 13.3. The van der Waals surface area contributed by atoms with Crippen LogP contribution in [0.15, 0.2) is 59.5 Å². The van der Waals surface area contributed by atoms with Crippen LogP contribution in [0.1, 0.15) is 16.1 Å². The molecule has 2 aromatic carbocycles. The monoisotopic (exact) mass is 516 g/mol. The van der Waals surface area contributed by atoms with Gasteiger partial charge < -0.3 is 14.7 Å². The molecule has 3 aromatic rings. The lowest BCUT2D eigenvalue weighted by Crippen LogP contribution is -2.40. The number of carbonyl (C=O) groups is 2. The van der Waals surface area contributed by atoms with Gasteiger partial charge in [-0.1, -0.05) is 12.1 Å². The largest absolute Gasteiger partial charge is 0.480 e. The summed E-state index contributed by atoms with van der Waals surface area (Å²) in [6.45, 7) is 0.574. The van der Waals surface area contributed by atoms with Crippen LogP contribution in [0.5, 0.6) is 0 Å². The van der Waals surface area contributed by atoms with Gasteiger partial charge in [-0.25, -0.2) is 12.8 Å². The minimum absolute atomic E-state index is 0.0320. The first kappa shape index (κ1) is 25.5. The molecule has 0 radical (unpaired) electrons. The van der Waals surface area contributed by atoms with Crippen LogP contribution in [0.25, 0.3) is 11.3 Å². The zero-order valence-corrected chi connectivity index (χ0v) is 20.3. The van der Waals surface area contributed by atoms with E-state index < -0.39 is 34.3 Å². The molecule has 1 aromatic heterocycles. The lowest BCUT2D eigenvalue weighted by atomic mass is 10.1. The van der Waals surface area contributed by atoms with E-state index in [2.05, 4.69) is 5.10 Å². The Kier molecular flexibility index (Phi) is 7.48. The van der Waals surface area contributed by atoms with E-state index in [0.717, 1.165) is 4.90 Å². The predicted molar refractivity (Wildman–Crippen MR) is 127 cm³/mol. The van der Waals surface area contributed by atoms with Crippen molar-refractivity contribution in [1.82, 2.24) is 19.0 Å². The van der Waals surface area contributed by atoms with Crippen LogP contribution >= 0.6 is 0 Å². The summed E-state index contributed by atoms with van der Waals surface area (Å²) < 4.78 is 47.0. The third kappa shape index (κ3) is 5.61. The van der Waals surface area contributed by atoms with Crippen molar-refractivity contribution in [3.05, 3.63) is 71.7 Å². The summed E-state index contributed by atoms with van der Waals surface area (Å²) in [5.41, 5.74) is 1.79. The third-order valence-electron chi connectivity index (χ3n) is 5.76. The van der Waals surface area contributed by atoms with E-state index in [1.54, 1.807) is 31.3 Å². The highest BCUT2D eigenvalue weighted by molar-refractivity contribution is 7.89. The molecule has 0 saturated carbocycles. The number of benzene rings is 2. The summed E-state index contributed by atoms with van der Waals surface area (Å²) >= 11 is 0. The van der Waals surface area contributed by atoms with Gasteiger partial charge in [0.2, 0.25) is 10.0 Å². The van der Waals surface area contributed by atoms with Crippen molar-refractivity contribution in [2.24, 2.45) is 7.05 Å². The lowest BCUT2D eigenvalue weighted by Gasteiger charge is -2.26. The zero-order valence-electron chi connectivity index (χ0n) is 19.5. The molecule has 1 aliphatic heterocycles. The van der Waals surface area contributed by atoms with Gasteiger partial charge in [0.15, 0.2) is 5.69 Å². The first-order valence-electron chi connectivity index (χ1n) is 11.1. The Morgan fingerprint density at radius 1 is 1.08 bits per heavy atom. The fraction of sp³-hybridized carbons (Fsp3) is 0.292. The second kappa shape index (κ2) is 10.6. The Labute approximate surface area is 207 Å². The number of aryl methyl sites for hydroxylation is 1. The minimum atomic E-state index is -3.67. The number of carboxylic acid groups (broad SMARTS) is 1. The number of hydrogen-bond donors (Lipinski definition) is 1. The van der Waals surface area contributed by atoms with E-state index in [-0.39, 0.29) is 30.2 Å². The summed E-state index contributed by atoms with van der Waals surface area (Å²) in [4.78, 5) is 25.9. The number of sulfonamides is 1. The number of carboxylic acids is 1. The number of ether oxygens (including phenoxy) is 1. The number of carbonyl (C=O) groups excluding carboxylic acids is 1. The van der Waals surface area contributed by atoms with Crippen LogP contribution in [0.3, 0.4) is 0 Å². The molecule has 0 unspecified atom stereocenters. The molecular weight excluding hydrogens is 491 g/mol. The highest BCUT2D eigenvalue weighted by Crippen LogP contribution is 2.22.